The Bertz CT molecular complexity index is 587. The average Bonchev–Trinajstić information content (AvgIpc) is 2.76. The summed E-state index contributed by atoms with van der Waals surface area (Å²) >= 11 is 1.68. The lowest BCUT2D eigenvalue weighted by Gasteiger charge is -2.40. The largest absolute Gasteiger partial charge is 0.480 e. The molecule has 7 nitrogen and oxygen atoms in total. The van der Waals surface area contributed by atoms with Crippen LogP contribution in [0.5, 0.6) is 0 Å². The normalized spacial score (nSPS) is 17.6. The zero-order chi connectivity index (χ0) is 14.8. The molecule has 0 aliphatic heterocycles. The topological polar surface area (TPSA) is 101 Å². The molecule has 2 rings (SSSR count). The van der Waals surface area contributed by atoms with Gasteiger partial charge >= 0.3 is 5.97 Å². The molecule has 1 fully saturated rings. The Morgan fingerprint density at radius 2 is 2.30 bits per heavy atom. The number of carbonyl (C=O) groups is 1. The van der Waals surface area contributed by atoms with Gasteiger partial charge in [0.05, 0.1) is 6.20 Å². The summed E-state index contributed by atoms with van der Waals surface area (Å²) in [5.41, 5.74) is 0. The molecule has 1 aliphatic rings. The second kappa shape index (κ2) is 5.74. The molecule has 1 heterocycles. The van der Waals surface area contributed by atoms with Crippen LogP contribution in [0.25, 0.3) is 0 Å². The van der Waals surface area contributed by atoms with Gasteiger partial charge in [-0.2, -0.15) is 16.9 Å². The molecule has 0 spiro atoms. The molecule has 0 amide bonds. The first-order valence-corrected chi connectivity index (χ1v) is 8.87. The van der Waals surface area contributed by atoms with Gasteiger partial charge in [0.1, 0.15) is 11.4 Å². The van der Waals surface area contributed by atoms with Crippen molar-refractivity contribution in [3.05, 3.63) is 12.4 Å². The van der Waals surface area contributed by atoms with Gasteiger partial charge in [0.2, 0.25) is 10.0 Å². The zero-order valence-electron chi connectivity index (χ0n) is 11.1. The number of aliphatic carboxylic acids is 1. The van der Waals surface area contributed by atoms with Crippen molar-refractivity contribution in [2.24, 2.45) is 0 Å². The summed E-state index contributed by atoms with van der Waals surface area (Å²) < 4.78 is 27.9. The summed E-state index contributed by atoms with van der Waals surface area (Å²) in [6, 6.07) is 0. The number of aromatic nitrogens is 2. The number of sulfonamides is 1. The molecule has 2 N–H and O–H groups in total. The van der Waals surface area contributed by atoms with Crippen molar-refractivity contribution in [3.63, 3.8) is 0 Å². The minimum Gasteiger partial charge on any atom is -0.480 e. The molecule has 20 heavy (non-hydrogen) atoms. The quantitative estimate of drug-likeness (QED) is 0.760. The SMILES string of the molecule is CSC1(CNS(=O)(=O)c2cnn(CC(=O)O)c2)CCC1. The average molecular weight is 319 g/mol. The first-order valence-electron chi connectivity index (χ1n) is 6.16. The summed E-state index contributed by atoms with van der Waals surface area (Å²) in [7, 11) is -3.63. The van der Waals surface area contributed by atoms with E-state index in [1.165, 1.54) is 6.20 Å². The number of rotatable bonds is 7. The molecule has 0 unspecified atom stereocenters. The summed E-state index contributed by atoms with van der Waals surface area (Å²) in [4.78, 5) is 10.5. The minimum absolute atomic E-state index is 0.00410. The fraction of sp³-hybridized carbons (Fsp3) is 0.636. The van der Waals surface area contributed by atoms with Crippen molar-refractivity contribution >= 4 is 27.8 Å². The molecule has 0 bridgehead atoms. The van der Waals surface area contributed by atoms with Crippen LogP contribution < -0.4 is 4.72 Å². The third-order valence-corrected chi connectivity index (χ3v) is 6.27. The van der Waals surface area contributed by atoms with E-state index in [4.69, 9.17) is 5.11 Å². The van der Waals surface area contributed by atoms with Crippen LogP contribution in [0.2, 0.25) is 0 Å². The van der Waals surface area contributed by atoms with Crippen LogP contribution in [-0.4, -0.2) is 46.8 Å². The van der Waals surface area contributed by atoms with Crippen molar-refractivity contribution in [1.29, 1.82) is 0 Å². The lowest BCUT2D eigenvalue weighted by molar-refractivity contribution is -0.137. The second-order valence-corrected chi connectivity index (χ2v) is 7.87. The number of carboxylic acid groups (broad SMARTS) is 1. The molecule has 1 aromatic rings. The third-order valence-electron chi connectivity index (χ3n) is 3.50. The monoisotopic (exact) mass is 319 g/mol. The van der Waals surface area contributed by atoms with E-state index in [9.17, 15) is 13.2 Å². The fourth-order valence-electron chi connectivity index (χ4n) is 2.04. The number of hydrogen-bond donors (Lipinski definition) is 2. The van der Waals surface area contributed by atoms with Crippen LogP contribution in [0, 0.1) is 0 Å². The van der Waals surface area contributed by atoms with Gasteiger partial charge in [0, 0.05) is 17.5 Å². The van der Waals surface area contributed by atoms with Crippen molar-refractivity contribution in [2.75, 3.05) is 12.8 Å². The first kappa shape index (κ1) is 15.3. The van der Waals surface area contributed by atoms with E-state index in [-0.39, 0.29) is 16.2 Å². The van der Waals surface area contributed by atoms with Gasteiger partial charge in [-0.1, -0.05) is 6.42 Å². The molecule has 0 aromatic carbocycles. The van der Waals surface area contributed by atoms with Gasteiger partial charge in [-0.05, 0) is 19.1 Å². The number of carboxylic acids is 1. The zero-order valence-corrected chi connectivity index (χ0v) is 12.7. The minimum atomic E-state index is -3.63. The Hall–Kier alpha value is -1.06. The van der Waals surface area contributed by atoms with Gasteiger partial charge in [0.25, 0.3) is 0 Å². The van der Waals surface area contributed by atoms with Crippen molar-refractivity contribution in [3.8, 4) is 0 Å². The van der Waals surface area contributed by atoms with Crippen LogP contribution in [0.4, 0.5) is 0 Å². The van der Waals surface area contributed by atoms with Gasteiger partial charge in [-0.3, -0.25) is 9.48 Å². The van der Waals surface area contributed by atoms with Crippen molar-refractivity contribution < 1.29 is 18.3 Å². The van der Waals surface area contributed by atoms with E-state index in [2.05, 4.69) is 9.82 Å². The lowest BCUT2D eigenvalue weighted by atomic mass is 9.84. The Balaban J connectivity index is 2.02. The molecule has 9 heteroatoms. The van der Waals surface area contributed by atoms with E-state index >= 15 is 0 Å². The molecule has 0 atom stereocenters. The Kier molecular flexibility index (Phi) is 4.40. The Morgan fingerprint density at radius 3 is 2.80 bits per heavy atom. The Morgan fingerprint density at radius 1 is 1.60 bits per heavy atom. The van der Waals surface area contributed by atoms with E-state index in [0.29, 0.717) is 6.54 Å². The van der Waals surface area contributed by atoms with Crippen LogP contribution in [0.15, 0.2) is 17.3 Å². The summed E-state index contributed by atoms with van der Waals surface area (Å²) in [6.45, 7) is 0.0326. The van der Waals surface area contributed by atoms with Crippen LogP contribution in [0.1, 0.15) is 19.3 Å². The van der Waals surface area contributed by atoms with Crippen molar-refractivity contribution in [2.45, 2.75) is 35.4 Å². The third kappa shape index (κ3) is 3.33. The molecule has 112 valence electrons. The van der Waals surface area contributed by atoms with E-state index in [1.54, 1.807) is 11.8 Å². The highest BCUT2D eigenvalue weighted by Gasteiger charge is 2.37. The molecule has 0 saturated heterocycles. The highest BCUT2D eigenvalue weighted by atomic mass is 32.2. The van der Waals surface area contributed by atoms with E-state index < -0.39 is 16.0 Å². The highest BCUT2D eigenvalue weighted by Crippen LogP contribution is 2.42. The molecule has 0 radical (unpaired) electrons. The number of nitrogens with one attached hydrogen (secondary N) is 1. The lowest BCUT2D eigenvalue weighted by Crippen LogP contribution is -2.45. The molecule has 1 saturated carbocycles. The van der Waals surface area contributed by atoms with Crippen molar-refractivity contribution in [1.82, 2.24) is 14.5 Å². The molecular weight excluding hydrogens is 302 g/mol. The van der Waals surface area contributed by atoms with Crippen LogP contribution >= 0.6 is 11.8 Å². The summed E-state index contributed by atoms with van der Waals surface area (Å²) in [5, 5.41) is 12.4. The van der Waals surface area contributed by atoms with Crippen LogP contribution in [0.3, 0.4) is 0 Å². The standard InChI is InChI=1S/C11H17N3O4S2/c1-19-11(3-2-4-11)8-13-20(17,18)9-5-12-14(6-9)7-10(15)16/h5-6,13H,2-4,7-8H2,1H3,(H,15,16). The summed E-state index contributed by atoms with van der Waals surface area (Å²) in [6.07, 6.45) is 7.52. The van der Waals surface area contributed by atoms with E-state index in [0.717, 1.165) is 30.1 Å². The molecular formula is C11H17N3O4S2. The smallest absolute Gasteiger partial charge is 0.325 e. The maximum atomic E-state index is 12.1. The van der Waals surface area contributed by atoms with Gasteiger partial charge in [0.15, 0.2) is 0 Å². The number of thioether (sulfide) groups is 1. The van der Waals surface area contributed by atoms with Gasteiger partial charge in [-0.15, -0.1) is 0 Å². The van der Waals surface area contributed by atoms with Gasteiger partial charge < -0.3 is 5.11 Å². The fourth-order valence-corrected chi connectivity index (χ4v) is 4.13. The predicted octanol–water partition coefficient (Wildman–Crippen LogP) is 0.532. The second-order valence-electron chi connectivity index (χ2n) is 4.83. The van der Waals surface area contributed by atoms with Crippen LogP contribution in [-0.2, 0) is 21.4 Å². The maximum absolute atomic E-state index is 12.1. The predicted molar refractivity (Wildman–Crippen MR) is 75.1 cm³/mol. The van der Waals surface area contributed by atoms with Gasteiger partial charge in [-0.25, -0.2) is 13.1 Å². The maximum Gasteiger partial charge on any atom is 0.325 e. The van der Waals surface area contributed by atoms with E-state index in [1.807, 2.05) is 6.26 Å². The first-order chi connectivity index (χ1) is 9.37. The molecule has 1 aromatic heterocycles. The Labute approximate surface area is 121 Å². The number of nitrogens with zero attached hydrogens (tertiary/aromatic N) is 2. The highest BCUT2D eigenvalue weighted by molar-refractivity contribution is 8.00. The summed E-state index contributed by atoms with van der Waals surface area (Å²) in [5.74, 6) is -1.07. The number of hydrogen-bond acceptors (Lipinski definition) is 5. The molecule has 1 aliphatic carbocycles.